The maximum Gasteiger partial charge on any atom is 0.265 e. The number of Topliss-reactive ketones (excluding diaryl/α,β-unsaturated/α-hetero) is 1. The van der Waals surface area contributed by atoms with E-state index in [4.69, 9.17) is 4.74 Å². The van der Waals surface area contributed by atoms with Gasteiger partial charge < -0.3 is 19.9 Å². The first-order valence-corrected chi connectivity index (χ1v) is 9.72. The molecule has 7 heteroatoms. The fraction of sp³-hybridized carbons (Fsp3) is 0.261. The molecule has 0 unspecified atom stereocenters. The Morgan fingerprint density at radius 2 is 1.93 bits per heavy atom. The van der Waals surface area contributed by atoms with Gasteiger partial charge in [0, 0.05) is 12.1 Å². The maximum atomic E-state index is 13.1. The molecule has 4 rings (SSSR count). The summed E-state index contributed by atoms with van der Waals surface area (Å²) in [5.41, 5.74) is 1.58. The van der Waals surface area contributed by atoms with E-state index < -0.39 is 5.54 Å². The molecule has 0 bridgehead atoms. The number of carbonyl (C=O) groups excluding carboxylic acids is 3. The number of ketones is 1. The van der Waals surface area contributed by atoms with Crippen LogP contribution in [0.5, 0.6) is 5.75 Å². The molecule has 0 spiro atoms. The van der Waals surface area contributed by atoms with Gasteiger partial charge in [-0.25, -0.2) is 0 Å². The fourth-order valence-electron chi connectivity index (χ4n) is 3.75. The molecule has 0 saturated heterocycles. The van der Waals surface area contributed by atoms with Crippen LogP contribution in [0.3, 0.4) is 0 Å². The summed E-state index contributed by atoms with van der Waals surface area (Å²) in [6.07, 6.45) is 1.62. The minimum absolute atomic E-state index is 0.0463. The van der Waals surface area contributed by atoms with Crippen molar-refractivity contribution in [3.63, 3.8) is 0 Å². The Morgan fingerprint density at radius 1 is 1.17 bits per heavy atom. The van der Waals surface area contributed by atoms with E-state index in [1.165, 1.54) is 9.80 Å². The molecule has 0 aliphatic carbocycles. The zero-order chi connectivity index (χ0) is 21.5. The SMILES string of the molecule is C=CCN1C(=O)COc2ccc(C(=O)CN3C(=O)C(C)(C)Nc4ccccc43)cc21. The molecule has 2 aromatic carbocycles. The lowest BCUT2D eigenvalue weighted by Gasteiger charge is -2.39. The first-order chi connectivity index (χ1) is 14.3. The third-order valence-corrected chi connectivity index (χ3v) is 5.26. The molecule has 7 nitrogen and oxygen atoms in total. The highest BCUT2D eigenvalue weighted by Crippen LogP contribution is 2.36. The van der Waals surface area contributed by atoms with Crippen LogP contribution < -0.4 is 19.9 Å². The summed E-state index contributed by atoms with van der Waals surface area (Å²) in [5, 5.41) is 3.22. The first kappa shape index (κ1) is 19.7. The topological polar surface area (TPSA) is 79.0 Å². The molecule has 1 N–H and O–H groups in total. The van der Waals surface area contributed by atoms with Gasteiger partial charge in [0.25, 0.3) is 11.8 Å². The van der Waals surface area contributed by atoms with Crippen LogP contribution in [-0.2, 0) is 9.59 Å². The van der Waals surface area contributed by atoms with E-state index in [-0.39, 0.29) is 30.7 Å². The highest BCUT2D eigenvalue weighted by atomic mass is 16.5. The molecule has 154 valence electrons. The molecule has 2 amide bonds. The van der Waals surface area contributed by atoms with Crippen LogP contribution in [-0.4, -0.2) is 42.8 Å². The van der Waals surface area contributed by atoms with Crippen LogP contribution in [0.2, 0.25) is 0 Å². The molecule has 30 heavy (non-hydrogen) atoms. The average molecular weight is 405 g/mol. The molecule has 0 aromatic heterocycles. The number of fused-ring (bicyclic) bond motifs is 2. The molecule has 2 aromatic rings. The van der Waals surface area contributed by atoms with E-state index in [2.05, 4.69) is 11.9 Å². The average Bonchev–Trinajstić information content (AvgIpc) is 2.72. The number of nitrogens with zero attached hydrogens (tertiary/aromatic N) is 2. The lowest BCUT2D eigenvalue weighted by atomic mass is 9.97. The summed E-state index contributed by atoms with van der Waals surface area (Å²) in [5.74, 6) is -0.0628. The third-order valence-electron chi connectivity index (χ3n) is 5.26. The Morgan fingerprint density at radius 3 is 2.70 bits per heavy atom. The van der Waals surface area contributed by atoms with Crippen LogP contribution in [0.15, 0.2) is 55.1 Å². The molecule has 2 aliphatic rings. The number of hydrogen-bond donors (Lipinski definition) is 1. The molecular formula is C23H23N3O4. The van der Waals surface area contributed by atoms with Gasteiger partial charge in [-0.1, -0.05) is 18.2 Å². The summed E-state index contributed by atoms with van der Waals surface area (Å²) in [6, 6.07) is 12.4. The number of carbonyl (C=O) groups is 3. The largest absolute Gasteiger partial charge is 0.482 e. The normalized spacial score (nSPS) is 16.9. The number of amides is 2. The van der Waals surface area contributed by atoms with Crippen LogP contribution >= 0.6 is 0 Å². The van der Waals surface area contributed by atoms with Crippen LogP contribution in [0.1, 0.15) is 24.2 Å². The molecular weight excluding hydrogens is 382 g/mol. The smallest absolute Gasteiger partial charge is 0.265 e. The molecule has 0 saturated carbocycles. The van der Waals surface area contributed by atoms with Crippen LogP contribution in [0, 0.1) is 0 Å². The summed E-state index contributed by atoms with van der Waals surface area (Å²) >= 11 is 0. The van der Waals surface area contributed by atoms with E-state index in [1.807, 2.05) is 24.3 Å². The lowest BCUT2D eigenvalue weighted by Crippen LogP contribution is -2.55. The van der Waals surface area contributed by atoms with Gasteiger partial charge in [0.1, 0.15) is 11.3 Å². The Labute approximate surface area is 174 Å². The standard InChI is InChI=1S/C23H23N3O4/c1-4-11-25-18-12-15(9-10-20(18)30-14-21(25)28)19(27)13-26-17-8-6-5-7-16(17)24-23(2,3)22(26)29/h4-10,12,24H,1,11,13-14H2,2-3H3. The zero-order valence-corrected chi connectivity index (χ0v) is 17.0. The molecule has 0 atom stereocenters. The fourth-order valence-corrected chi connectivity index (χ4v) is 3.75. The number of rotatable bonds is 5. The molecule has 0 fully saturated rings. The van der Waals surface area contributed by atoms with Crippen molar-refractivity contribution in [1.29, 1.82) is 0 Å². The minimum Gasteiger partial charge on any atom is -0.482 e. The number of ether oxygens (including phenoxy) is 1. The van der Waals surface area contributed by atoms with Gasteiger partial charge in [-0.15, -0.1) is 6.58 Å². The summed E-state index contributed by atoms with van der Waals surface area (Å²) in [6.45, 7) is 7.44. The van der Waals surface area contributed by atoms with Crippen molar-refractivity contribution < 1.29 is 19.1 Å². The Balaban J connectivity index is 1.66. The second kappa shape index (κ2) is 7.33. The predicted octanol–water partition coefficient (Wildman–Crippen LogP) is 3.02. The van der Waals surface area contributed by atoms with Crippen LogP contribution in [0.25, 0.3) is 0 Å². The van der Waals surface area contributed by atoms with Gasteiger partial charge in [0.2, 0.25) is 0 Å². The second-order valence-electron chi connectivity index (χ2n) is 7.85. The summed E-state index contributed by atoms with van der Waals surface area (Å²) in [7, 11) is 0. The van der Waals surface area contributed by atoms with Gasteiger partial charge >= 0.3 is 0 Å². The van der Waals surface area contributed by atoms with Gasteiger partial charge in [-0.05, 0) is 44.2 Å². The van der Waals surface area contributed by atoms with Crippen LogP contribution in [0.4, 0.5) is 17.1 Å². The molecule has 2 heterocycles. The highest BCUT2D eigenvalue weighted by Gasteiger charge is 2.39. The highest BCUT2D eigenvalue weighted by molar-refractivity contribution is 6.13. The van der Waals surface area contributed by atoms with Crippen molar-refractivity contribution in [2.24, 2.45) is 0 Å². The van der Waals surface area contributed by atoms with Gasteiger partial charge in [0.05, 0.1) is 23.6 Å². The van der Waals surface area contributed by atoms with Crippen molar-refractivity contribution in [3.05, 3.63) is 60.7 Å². The van der Waals surface area contributed by atoms with Crippen molar-refractivity contribution in [2.75, 3.05) is 34.8 Å². The molecule has 2 aliphatic heterocycles. The van der Waals surface area contributed by atoms with E-state index in [0.29, 0.717) is 29.2 Å². The van der Waals surface area contributed by atoms with E-state index in [1.54, 1.807) is 38.1 Å². The summed E-state index contributed by atoms with van der Waals surface area (Å²) in [4.78, 5) is 41.4. The second-order valence-corrected chi connectivity index (χ2v) is 7.85. The Hall–Kier alpha value is -3.61. The molecule has 0 radical (unpaired) electrons. The number of nitrogens with one attached hydrogen (secondary N) is 1. The van der Waals surface area contributed by atoms with E-state index in [0.717, 1.165) is 5.69 Å². The Kier molecular flexibility index (Phi) is 4.81. The zero-order valence-electron chi connectivity index (χ0n) is 17.0. The number of benzene rings is 2. The van der Waals surface area contributed by atoms with Crippen molar-refractivity contribution >= 4 is 34.7 Å². The Bertz CT molecular complexity index is 1060. The monoisotopic (exact) mass is 405 g/mol. The number of para-hydroxylation sites is 2. The quantitative estimate of drug-likeness (QED) is 0.611. The van der Waals surface area contributed by atoms with Crippen molar-refractivity contribution in [3.8, 4) is 5.75 Å². The van der Waals surface area contributed by atoms with Gasteiger partial charge in [-0.3, -0.25) is 14.4 Å². The van der Waals surface area contributed by atoms with Gasteiger partial charge in [0.15, 0.2) is 12.4 Å². The number of hydrogen-bond acceptors (Lipinski definition) is 5. The number of anilines is 3. The first-order valence-electron chi connectivity index (χ1n) is 9.72. The lowest BCUT2D eigenvalue weighted by molar-refractivity contribution is -0.122. The third kappa shape index (κ3) is 3.32. The summed E-state index contributed by atoms with van der Waals surface area (Å²) < 4.78 is 5.48. The minimum atomic E-state index is -0.828. The van der Waals surface area contributed by atoms with Gasteiger partial charge in [-0.2, -0.15) is 0 Å². The van der Waals surface area contributed by atoms with E-state index >= 15 is 0 Å². The maximum absolute atomic E-state index is 13.1. The van der Waals surface area contributed by atoms with Crippen molar-refractivity contribution in [1.82, 2.24) is 0 Å². The van der Waals surface area contributed by atoms with Crippen molar-refractivity contribution in [2.45, 2.75) is 19.4 Å². The van der Waals surface area contributed by atoms with E-state index in [9.17, 15) is 14.4 Å². The predicted molar refractivity (Wildman–Crippen MR) is 115 cm³/mol.